The molecule has 8 nitrogen and oxygen atoms in total. The standard InChI is InChI=1S/C11H17N5O3/c12-11-13-9(14-15-11)10(19)16-6-2-1-3-7(16)4-5-8(17)18/h7H,1-6H2,(H,17,18)(H3,12,13,14,15). The molecule has 0 aromatic carbocycles. The molecule has 19 heavy (non-hydrogen) atoms. The summed E-state index contributed by atoms with van der Waals surface area (Å²) in [5.41, 5.74) is 5.38. The third-order valence-electron chi connectivity index (χ3n) is 3.28. The molecular weight excluding hydrogens is 250 g/mol. The monoisotopic (exact) mass is 267 g/mol. The van der Waals surface area contributed by atoms with Crippen molar-refractivity contribution in [2.45, 2.75) is 38.1 Å². The van der Waals surface area contributed by atoms with Gasteiger partial charge in [0, 0.05) is 19.0 Å². The summed E-state index contributed by atoms with van der Waals surface area (Å²) in [4.78, 5) is 28.4. The number of nitrogens with one attached hydrogen (secondary N) is 1. The lowest BCUT2D eigenvalue weighted by atomic mass is 9.98. The van der Waals surface area contributed by atoms with Crippen molar-refractivity contribution in [2.75, 3.05) is 12.3 Å². The first-order chi connectivity index (χ1) is 9.08. The second-order valence-corrected chi connectivity index (χ2v) is 4.62. The van der Waals surface area contributed by atoms with Crippen LogP contribution in [0.25, 0.3) is 0 Å². The Labute approximate surface area is 110 Å². The first-order valence-electron chi connectivity index (χ1n) is 6.28. The lowest BCUT2D eigenvalue weighted by molar-refractivity contribution is -0.137. The Balaban J connectivity index is 2.06. The van der Waals surface area contributed by atoms with Gasteiger partial charge in [0.1, 0.15) is 0 Å². The summed E-state index contributed by atoms with van der Waals surface area (Å²) in [6.07, 6.45) is 3.27. The molecule has 1 aromatic heterocycles. The molecule has 0 spiro atoms. The number of nitrogens with zero attached hydrogens (tertiary/aromatic N) is 3. The fourth-order valence-corrected chi connectivity index (χ4v) is 2.36. The zero-order valence-corrected chi connectivity index (χ0v) is 10.5. The van der Waals surface area contributed by atoms with Crippen LogP contribution in [0, 0.1) is 0 Å². The Hall–Kier alpha value is -2.12. The molecular formula is C11H17N5O3. The van der Waals surface area contributed by atoms with Crippen LogP contribution in [0.1, 0.15) is 42.7 Å². The van der Waals surface area contributed by atoms with Gasteiger partial charge in [0.25, 0.3) is 5.91 Å². The molecule has 0 radical (unpaired) electrons. The van der Waals surface area contributed by atoms with Crippen LogP contribution in [0.15, 0.2) is 0 Å². The number of aromatic nitrogens is 3. The second-order valence-electron chi connectivity index (χ2n) is 4.62. The average Bonchev–Trinajstić information content (AvgIpc) is 2.82. The van der Waals surface area contributed by atoms with E-state index < -0.39 is 5.97 Å². The number of likely N-dealkylation sites (tertiary alicyclic amines) is 1. The van der Waals surface area contributed by atoms with Crippen molar-refractivity contribution < 1.29 is 14.7 Å². The first-order valence-corrected chi connectivity index (χ1v) is 6.28. The Morgan fingerprint density at radius 3 is 2.89 bits per heavy atom. The summed E-state index contributed by atoms with van der Waals surface area (Å²) in [6, 6.07) is -0.0522. The van der Waals surface area contributed by atoms with Gasteiger partial charge in [-0.1, -0.05) is 0 Å². The maximum atomic E-state index is 12.3. The largest absolute Gasteiger partial charge is 0.481 e. The lowest BCUT2D eigenvalue weighted by Crippen LogP contribution is -2.44. The number of carbonyl (C=O) groups is 2. The maximum absolute atomic E-state index is 12.3. The molecule has 1 amide bonds. The van der Waals surface area contributed by atoms with Crippen LogP contribution >= 0.6 is 0 Å². The van der Waals surface area contributed by atoms with Gasteiger partial charge in [-0.05, 0) is 25.7 Å². The van der Waals surface area contributed by atoms with E-state index in [9.17, 15) is 9.59 Å². The number of piperidine rings is 1. The summed E-state index contributed by atoms with van der Waals surface area (Å²) in [6.45, 7) is 0.615. The number of carbonyl (C=O) groups excluding carboxylic acids is 1. The van der Waals surface area contributed by atoms with Crippen molar-refractivity contribution in [2.24, 2.45) is 0 Å². The van der Waals surface area contributed by atoms with E-state index in [-0.39, 0.29) is 30.1 Å². The number of H-pyrrole nitrogens is 1. The van der Waals surface area contributed by atoms with Crippen molar-refractivity contribution >= 4 is 17.8 Å². The van der Waals surface area contributed by atoms with Gasteiger partial charge < -0.3 is 15.7 Å². The minimum absolute atomic E-state index is 0.0300. The van der Waals surface area contributed by atoms with Crippen molar-refractivity contribution in [3.63, 3.8) is 0 Å². The van der Waals surface area contributed by atoms with Crippen molar-refractivity contribution in [1.82, 2.24) is 20.1 Å². The number of aromatic amines is 1. The third kappa shape index (κ3) is 3.21. The fourth-order valence-electron chi connectivity index (χ4n) is 2.36. The van der Waals surface area contributed by atoms with Gasteiger partial charge >= 0.3 is 5.97 Å². The third-order valence-corrected chi connectivity index (χ3v) is 3.28. The average molecular weight is 267 g/mol. The van der Waals surface area contributed by atoms with E-state index in [4.69, 9.17) is 10.8 Å². The molecule has 0 saturated carbocycles. The number of carboxylic acids is 1. The molecule has 1 aromatic rings. The van der Waals surface area contributed by atoms with Crippen LogP contribution in [-0.2, 0) is 4.79 Å². The molecule has 1 atom stereocenters. The lowest BCUT2D eigenvalue weighted by Gasteiger charge is -2.35. The van der Waals surface area contributed by atoms with Gasteiger partial charge in [0.05, 0.1) is 0 Å². The van der Waals surface area contributed by atoms with Crippen LogP contribution in [-0.4, -0.2) is 49.7 Å². The summed E-state index contributed by atoms with van der Waals surface area (Å²) in [5, 5.41) is 14.9. The molecule has 1 fully saturated rings. The number of aliphatic carboxylic acids is 1. The highest BCUT2D eigenvalue weighted by molar-refractivity contribution is 5.91. The smallest absolute Gasteiger partial charge is 0.303 e. The molecule has 1 aliphatic heterocycles. The molecule has 104 valence electrons. The number of nitrogen functional groups attached to an aromatic ring is 1. The summed E-state index contributed by atoms with van der Waals surface area (Å²) >= 11 is 0. The predicted molar refractivity (Wildman–Crippen MR) is 66.3 cm³/mol. The van der Waals surface area contributed by atoms with E-state index in [0.717, 1.165) is 19.3 Å². The number of rotatable bonds is 4. The Bertz CT molecular complexity index is 473. The van der Waals surface area contributed by atoms with Gasteiger partial charge in [-0.25, -0.2) is 0 Å². The van der Waals surface area contributed by atoms with Crippen LogP contribution in [0.2, 0.25) is 0 Å². The predicted octanol–water partition coefficient (Wildman–Crippen LogP) is 0.246. The molecule has 1 aliphatic rings. The minimum atomic E-state index is -0.845. The van der Waals surface area contributed by atoms with E-state index in [1.807, 2.05) is 0 Å². The minimum Gasteiger partial charge on any atom is -0.481 e. The summed E-state index contributed by atoms with van der Waals surface area (Å²) in [7, 11) is 0. The van der Waals surface area contributed by atoms with Crippen molar-refractivity contribution in [1.29, 1.82) is 0 Å². The molecule has 2 rings (SSSR count). The number of hydrogen-bond acceptors (Lipinski definition) is 5. The maximum Gasteiger partial charge on any atom is 0.303 e. The van der Waals surface area contributed by atoms with Crippen molar-refractivity contribution in [3.05, 3.63) is 5.82 Å². The number of nitrogens with two attached hydrogens (primary N) is 1. The highest BCUT2D eigenvalue weighted by Crippen LogP contribution is 2.22. The highest BCUT2D eigenvalue weighted by Gasteiger charge is 2.29. The van der Waals surface area contributed by atoms with Gasteiger partial charge in [-0.2, -0.15) is 4.98 Å². The molecule has 1 unspecified atom stereocenters. The van der Waals surface area contributed by atoms with Crippen LogP contribution in [0.3, 0.4) is 0 Å². The Morgan fingerprint density at radius 2 is 2.26 bits per heavy atom. The van der Waals surface area contributed by atoms with Gasteiger partial charge in [0.2, 0.25) is 11.8 Å². The van der Waals surface area contributed by atoms with Gasteiger partial charge in [0.15, 0.2) is 0 Å². The number of amides is 1. The Kier molecular flexibility index (Phi) is 3.98. The van der Waals surface area contributed by atoms with E-state index in [1.165, 1.54) is 0 Å². The normalized spacial score (nSPS) is 19.4. The van der Waals surface area contributed by atoms with Gasteiger partial charge in [-0.3, -0.25) is 14.7 Å². The molecule has 0 aliphatic carbocycles. The second kappa shape index (κ2) is 5.68. The van der Waals surface area contributed by atoms with Crippen LogP contribution in [0.4, 0.5) is 5.95 Å². The number of hydrogen-bond donors (Lipinski definition) is 3. The zero-order chi connectivity index (χ0) is 13.8. The Morgan fingerprint density at radius 1 is 1.47 bits per heavy atom. The van der Waals surface area contributed by atoms with E-state index in [2.05, 4.69) is 15.2 Å². The topological polar surface area (TPSA) is 125 Å². The SMILES string of the molecule is Nc1n[nH]c(C(=O)N2CCCCC2CCC(=O)O)n1. The van der Waals surface area contributed by atoms with Crippen LogP contribution in [0.5, 0.6) is 0 Å². The molecule has 0 bridgehead atoms. The van der Waals surface area contributed by atoms with E-state index in [1.54, 1.807) is 4.90 Å². The van der Waals surface area contributed by atoms with E-state index >= 15 is 0 Å². The zero-order valence-electron chi connectivity index (χ0n) is 10.5. The number of anilines is 1. The fraction of sp³-hybridized carbons (Fsp3) is 0.636. The van der Waals surface area contributed by atoms with Crippen LogP contribution < -0.4 is 5.73 Å². The van der Waals surface area contributed by atoms with E-state index in [0.29, 0.717) is 13.0 Å². The molecule has 8 heteroatoms. The summed E-state index contributed by atoms with van der Waals surface area (Å²) in [5.74, 6) is -0.969. The first kappa shape index (κ1) is 13.3. The quantitative estimate of drug-likeness (QED) is 0.717. The van der Waals surface area contributed by atoms with Gasteiger partial charge in [-0.15, -0.1) is 5.10 Å². The number of carboxylic acid groups (broad SMARTS) is 1. The summed E-state index contributed by atoms with van der Waals surface area (Å²) < 4.78 is 0. The molecule has 4 N–H and O–H groups in total. The molecule has 2 heterocycles. The highest BCUT2D eigenvalue weighted by atomic mass is 16.4. The van der Waals surface area contributed by atoms with Crippen molar-refractivity contribution in [3.8, 4) is 0 Å². The molecule has 1 saturated heterocycles.